The number of urea groups is 1. The number of nitrogens with zero attached hydrogens (tertiary/aromatic N) is 1. The van der Waals surface area contributed by atoms with Crippen LogP contribution >= 0.6 is 15.9 Å². The third kappa shape index (κ3) is 6.48. The van der Waals surface area contributed by atoms with Gasteiger partial charge in [0.25, 0.3) is 5.91 Å². The lowest BCUT2D eigenvalue weighted by Crippen LogP contribution is -2.39. The minimum absolute atomic E-state index is 0.0458. The standard InChI is InChI=1S/C27H27BrFN5O2/c28-19-10-14-21(15-11-19)32-27(36)33-24(22-6-2-3-7-23(22)29)26(35)31-20-12-8-18(9-13-20)25(30)34-16-4-1-5-17-34/h2-3,6-15,24,30H,1,4-5,16-17H2,(H,31,35)(H2,32,33,36). The molecular formula is C27H27BrFN5O2. The Morgan fingerprint density at radius 3 is 2.14 bits per heavy atom. The fourth-order valence-corrected chi connectivity index (χ4v) is 4.32. The predicted octanol–water partition coefficient (Wildman–Crippen LogP) is 5.90. The first-order valence-electron chi connectivity index (χ1n) is 11.7. The second-order valence-corrected chi connectivity index (χ2v) is 9.44. The fraction of sp³-hybridized carbons (Fsp3) is 0.222. The van der Waals surface area contributed by atoms with E-state index < -0.39 is 23.8 Å². The van der Waals surface area contributed by atoms with Gasteiger partial charge in [0.1, 0.15) is 17.7 Å². The van der Waals surface area contributed by atoms with E-state index in [9.17, 15) is 14.0 Å². The molecule has 1 aliphatic rings. The van der Waals surface area contributed by atoms with Gasteiger partial charge in [0.05, 0.1) is 0 Å². The monoisotopic (exact) mass is 551 g/mol. The summed E-state index contributed by atoms with van der Waals surface area (Å²) < 4.78 is 15.4. The van der Waals surface area contributed by atoms with Crippen molar-refractivity contribution >= 4 is 45.1 Å². The first kappa shape index (κ1) is 25.4. The van der Waals surface area contributed by atoms with Crippen molar-refractivity contribution in [2.24, 2.45) is 0 Å². The summed E-state index contributed by atoms with van der Waals surface area (Å²) >= 11 is 3.34. The highest BCUT2D eigenvalue weighted by Gasteiger charge is 2.26. The number of hydrogen-bond donors (Lipinski definition) is 4. The molecule has 0 spiro atoms. The number of piperidine rings is 1. The lowest BCUT2D eigenvalue weighted by Gasteiger charge is -2.29. The number of hydrogen-bond acceptors (Lipinski definition) is 3. The quantitative estimate of drug-likeness (QED) is 0.227. The Bertz CT molecular complexity index is 1230. The number of amides is 3. The average Bonchev–Trinajstić information content (AvgIpc) is 2.89. The Morgan fingerprint density at radius 2 is 1.47 bits per heavy atom. The number of nitrogens with one attached hydrogen (secondary N) is 4. The molecule has 1 saturated heterocycles. The van der Waals surface area contributed by atoms with Crippen molar-refractivity contribution in [2.45, 2.75) is 25.3 Å². The van der Waals surface area contributed by atoms with E-state index in [1.807, 2.05) is 0 Å². The van der Waals surface area contributed by atoms with Crippen LogP contribution in [0.5, 0.6) is 0 Å². The van der Waals surface area contributed by atoms with E-state index in [-0.39, 0.29) is 5.56 Å². The molecule has 1 heterocycles. The molecule has 4 N–H and O–H groups in total. The topological polar surface area (TPSA) is 97.3 Å². The third-order valence-electron chi connectivity index (χ3n) is 5.95. The number of likely N-dealkylation sites (tertiary alicyclic amines) is 1. The summed E-state index contributed by atoms with van der Waals surface area (Å²) in [6.07, 6.45) is 3.35. The van der Waals surface area contributed by atoms with Crippen molar-refractivity contribution in [3.8, 4) is 0 Å². The Labute approximate surface area is 217 Å². The van der Waals surface area contributed by atoms with E-state index in [2.05, 4.69) is 36.8 Å². The molecular weight excluding hydrogens is 525 g/mol. The van der Waals surface area contributed by atoms with Crippen LogP contribution < -0.4 is 16.0 Å². The fourth-order valence-electron chi connectivity index (χ4n) is 4.05. The Balaban J connectivity index is 1.47. The zero-order valence-corrected chi connectivity index (χ0v) is 21.1. The highest BCUT2D eigenvalue weighted by molar-refractivity contribution is 9.10. The van der Waals surface area contributed by atoms with Gasteiger partial charge in [-0.1, -0.05) is 34.1 Å². The number of carbonyl (C=O) groups is 2. The molecule has 1 atom stereocenters. The molecule has 1 aliphatic heterocycles. The zero-order chi connectivity index (χ0) is 25.5. The van der Waals surface area contributed by atoms with Crippen molar-refractivity contribution in [3.63, 3.8) is 0 Å². The van der Waals surface area contributed by atoms with Crippen LogP contribution in [0.15, 0.2) is 77.3 Å². The largest absolute Gasteiger partial charge is 0.357 e. The van der Waals surface area contributed by atoms with Crippen LogP contribution in [0.1, 0.15) is 36.4 Å². The van der Waals surface area contributed by atoms with Crippen molar-refractivity contribution in [1.29, 1.82) is 5.41 Å². The van der Waals surface area contributed by atoms with Crippen molar-refractivity contribution in [1.82, 2.24) is 10.2 Å². The van der Waals surface area contributed by atoms with Crippen LogP contribution in [-0.4, -0.2) is 35.8 Å². The smallest absolute Gasteiger partial charge is 0.320 e. The van der Waals surface area contributed by atoms with Gasteiger partial charge in [-0.2, -0.15) is 0 Å². The van der Waals surface area contributed by atoms with Gasteiger partial charge in [-0.3, -0.25) is 10.2 Å². The second kappa shape index (κ2) is 11.8. The third-order valence-corrected chi connectivity index (χ3v) is 6.48. The maximum atomic E-state index is 14.6. The predicted molar refractivity (Wildman–Crippen MR) is 143 cm³/mol. The van der Waals surface area contributed by atoms with Crippen molar-refractivity contribution in [2.75, 3.05) is 23.7 Å². The van der Waals surface area contributed by atoms with Gasteiger partial charge in [0, 0.05) is 40.1 Å². The summed E-state index contributed by atoms with van der Waals surface area (Å²) in [5, 5.41) is 16.4. The Kier molecular flexibility index (Phi) is 8.32. The number of benzene rings is 3. The van der Waals surface area contributed by atoms with Gasteiger partial charge >= 0.3 is 6.03 Å². The minimum Gasteiger partial charge on any atom is -0.357 e. The zero-order valence-electron chi connectivity index (χ0n) is 19.6. The van der Waals surface area contributed by atoms with Gasteiger partial charge in [-0.15, -0.1) is 0 Å². The molecule has 0 bridgehead atoms. The lowest BCUT2D eigenvalue weighted by atomic mass is 10.0. The molecule has 3 aromatic rings. The highest BCUT2D eigenvalue weighted by Crippen LogP contribution is 2.21. The summed E-state index contributed by atoms with van der Waals surface area (Å²) in [5.41, 5.74) is 1.80. The molecule has 3 amide bonds. The molecule has 186 valence electrons. The van der Waals surface area contributed by atoms with Crippen LogP contribution in [0.4, 0.5) is 20.6 Å². The van der Waals surface area contributed by atoms with E-state index in [1.165, 1.54) is 24.6 Å². The molecule has 9 heteroatoms. The molecule has 0 aliphatic carbocycles. The van der Waals surface area contributed by atoms with E-state index in [0.29, 0.717) is 17.2 Å². The van der Waals surface area contributed by atoms with E-state index in [4.69, 9.17) is 5.41 Å². The lowest BCUT2D eigenvalue weighted by molar-refractivity contribution is -0.118. The molecule has 7 nitrogen and oxygen atoms in total. The normalized spacial score (nSPS) is 14.0. The first-order chi connectivity index (χ1) is 17.4. The van der Waals surface area contributed by atoms with Gasteiger partial charge in [0.15, 0.2) is 0 Å². The summed E-state index contributed by atoms with van der Waals surface area (Å²) in [5.74, 6) is -0.736. The molecule has 1 unspecified atom stereocenters. The summed E-state index contributed by atoms with van der Waals surface area (Å²) in [4.78, 5) is 27.9. The molecule has 0 radical (unpaired) electrons. The molecule has 3 aromatic carbocycles. The highest BCUT2D eigenvalue weighted by atomic mass is 79.9. The van der Waals surface area contributed by atoms with Crippen LogP contribution in [-0.2, 0) is 4.79 Å². The van der Waals surface area contributed by atoms with Crippen LogP contribution in [0.2, 0.25) is 0 Å². The summed E-state index contributed by atoms with van der Waals surface area (Å²) in [6, 6.07) is 17.8. The maximum absolute atomic E-state index is 14.6. The van der Waals surface area contributed by atoms with E-state index >= 15 is 0 Å². The molecule has 4 rings (SSSR count). The average molecular weight is 552 g/mol. The number of amidine groups is 1. The van der Waals surface area contributed by atoms with Gasteiger partial charge in [-0.25, -0.2) is 9.18 Å². The second-order valence-electron chi connectivity index (χ2n) is 8.52. The Hall–Kier alpha value is -3.72. The number of rotatable bonds is 6. The van der Waals surface area contributed by atoms with Gasteiger partial charge in [-0.05, 0) is 73.9 Å². The maximum Gasteiger partial charge on any atom is 0.320 e. The van der Waals surface area contributed by atoms with Crippen LogP contribution in [0.25, 0.3) is 0 Å². The van der Waals surface area contributed by atoms with Gasteiger partial charge < -0.3 is 20.9 Å². The minimum atomic E-state index is -1.27. The van der Waals surface area contributed by atoms with E-state index in [1.54, 1.807) is 54.6 Å². The van der Waals surface area contributed by atoms with Crippen molar-refractivity contribution < 1.29 is 14.0 Å². The number of anilines is 2. The number of carbonyl (C=O) groups excluding carboxylic acids is 2. The Morgan fingerprint density at radius 1 is 0.861 bits per heavy atom. The molecule has 36 heavy (non-hydrogen) atoms. The van der Waals surface area contributed by atoms with Crippen molar-refractivity contribution in [3.05, 3.63) is 94.2 Å². The SMILES string of the molecule is N=C(c1ccc(NC(=O)C(NC(=O)Nc2ccc(Br)cc2)c2ccccc2F)cc1)N1CCCCC1. The first-order valence-corrected chi connectivity index (χ1v) is 12.5. The molecule has 0 aromatic heterocycles. The molecule has 0 saturated carbocycles. The molecule has 1 fully saturated rings. The van der Waals surface area contributed by atoms with E-state index in [0.717, 1.165) is 36.0 Å². The number of halogens is 2. The summed E-state index contributed by atoms with van der Waals surface area (Å²) in [7, 11) is 0. The van der Waals surface area contributed by atoms with Crippen LogP contribution in [0.3, 0.4) is 0 Å². The van der Waals surface area contributed by atoms with Crippen LogP contribution in [0, 0.1) is 11.2 Å². The summed E-state index contributed by atoms with van der Waals surface area (Å²) in [6.45, 7) is 1.74. The van der Waals surface area contributed by atoms with Gasteiger partial charge in [0.2, 0.25) is 0 Å².